The van der Waals surface area contributed by atoms with Gasteiger partial charge in [-0.1, -0.05) is 36.4 Å². The minimum absolute atomic E-state index is 0.261. The number of hydrogen-bond donors (Lipinski definition) is 0. The van der Waals surface area contributed by atoms with Crippen LogP contribution in [0.5, 0.6) is 0 Å². The molecule has 1 aliphatic rings. The highest BCUT2D eigenvalue weighted by Gasteiger charge is 2.23. The topological polar surface area (TPSA) is 38.1 Å². The van der Waals surface area contributed by atoms with Gasteiger partial charge in [-0.25, -0.2) is 9.37 Å². The first-order valence-corrected chi connectivity index (χ1v) is 10.1. The van der Waals surface area contributed by atoms with Crippen molar-refractivity contribution in [1.29, 1.82) is 0 Å². The van der Waals surface area contributed by atoms with Crippen molar-refractivity contribution in [3.05, 3.63) is 94.6 Å². The zero-order valence-electron chi connectivity index (χ0n) is 16.8. The Morgan fingerprint density at radius 3 is 2.73 bits per heavy atom. The highest BCUT2D eigenvalue weighted by molar-refractivity contribution is 6.03. The molecule has 0 spiro atoms. The van der Waals surface area contributed by atoms with Crippen LogP contribution in [-0.4, -0.2) is 22.4 Å². The Morgan fingerprint density at radius 2 is 1.93 bits per heavy atom. The highest BCUT2D eigenvalue weighted by atomic mass is 19.1. The number of aromatic nitrogens is 2. The number of nitrogens with zero attached hydrogens (tertiary/aromatic N) is 3. The average Bonchev–Trinajstić information content (AvgIpc) is 3.04. The van der Waals surface area contributed by atoms with Gasteiger partial charge >= 0.3 is 0 Å². The van der Waals surface area contributed by atoms with Crippen molar-refractivity contribution in [2.24, 2.45) is 0 Å². The first kappa shape index (κ1) is 18.6. The summed E-state index contributed by atoms with van der Waals surface area (Å²) < 4.78 is 15.9. The Hall–Kier alpha value is -3.47. The normalized spacial score (nSPS) is 13.5. The summed E-state index contributed by atoms with van der Waals surface area (Å²) in [5.41, 5.74) is 6.00. The Bertz CT molecular complexity index is 1260. The molecule has 5 heteroatoms. The molecule has 2 aromatic carbocycles. The fourth-order valence-electron chi connectivity index (χ4n) is 4.51. The minimum Gasteiger partial charge on any atom is -0.350 e. The molecule has 0 aliphatic carbocycles. The summed E-state index contributed by atoms with van der Waals surface area (Å²) in [7, 11) is 0. The molecule has 0 saturated heterocycles. The molecule has 2 aromatic heterocycles. The van der Waals surface area contributed by atoms with E-state index in [1.807, 2.05) is 19.1 Å². The number of fused-ring (bicyclic) bond motifs is 2. The van der Waals surface area contributed by atoms with Crippen molar-refractivity contribution in [2.75, 3.05) is 11.4 Å². The number of anilines is 1. The van der Waals surface area contributed by atoms with Gasteiger partial charge in [0.05, 0.1) is 5.52 Å². The number of hydrogen-bond acceptors (Lipinski definition) is 3. The van der Waals surface area contributed by atoms with Gasteiger partial charge < -0.3 is 9.47 Å². The van der Waals surface area contributed by atoms with Gasteiger partial charge in [-0.05, 0) is 48.2 Å². The average molecular weight is 399 g/mol. The molecule has 3 heterocycles. The summed E-state index contributed by atoms with van der Waals surface area (Å²) in [6, 6.07) is 17.0. The van der Waals surface area contributed by atoms with Crippen molar-refractivity contribution in [1.82, 2.24) is 9.55 Å². The predicted octanol–water partition coefficient (Wildman–Crippen LogP) is 4.91. The zero-order valence-corrected chi connectivity index (χ0v) is 16.8. The van der Waals surface area contributed by atoms with Gasteiger partial charge in [0.1, 0.15) is 5.82 Å². The van der Waals surface area contributed by atoms with E-state index in [-0.39, 0.29) is 5.82 Å². The van der Waals surface area contributed by atoms with Crippen LogP contribution in [0, 0.1) is 12.7 Å². The first-order valence-electron chi connectivity index (χ1n) is 10.1. The van der Waals surface area contributed by atoms with Crippen LogP contribution in [0.15, 0.2) is 60.8 Å². The fraction of sp³-hybridized carbons (Fsp3) is 0.200. The number of rotatable bonds is 4. The van der Waals surface area contributed by atoms with Gasteiger partial charge in [-0.3, -0.25) is 4.79 Å². The van der Waals surface area contributed by atoms with Crippen LogP contribution >= 0.6 is 0 Å². The van der Waals surface area contributed by atoms with Crippen LogP contribution in [0.4, 0.5) is 10.2 Å². The largest absolute Gasteiger partial charge is 0.350 e. The van der Waals surface area contributed by atoms with E-state index in [2.05, 4.69) is 33.7 Å². The molecule has 0 atom stereocenters. The van der Waals surface area contributed by atoms with E-state index in [4.69, 9.17) is 4.98 Å². The second kappa shape index (κ2) is 7.41. The van der Waals surface area contributed by atoms with Crippen LogP contribution in [0.2, 0.25) is 0 Å². The van der Waals surface area contributed by atoms with E-state index >= 15 is 0 Å². The van der Waals surface area contributed by atoms with E-state index in [9.17, 15) is 9.18 Å². The van der Waals surface area contributed by atoms with Gasteiger partial charge in [0.2, 0.25) is 0 Å². The molecule has 1 aliphatic heterocycles. The Balaban J connectivity index is 1.65. The number of benzene rings is 2. The number of carbonyl (C=O) groups excluding carboxylic acids is 1. The quantitative estimate of drug-likeness (QED) is 0.458. The molecule has 4 aromatic rings. The molecule has 0 amide bonds. The van der Waals surface area contributed by atoms with Crippen LogP contribution in [0.1, 0.15) is 32.7 Å². The second-order valence-corrected chi connectivity index (χ2v) is 7.80. The van der Waals surface area contributed by atoms with Gasteiger partial charge in [0.25, 0.3) is 0 Å². The molecule has 0 fully saturated rings. The van der Waals surface area contributed by atoms with Crippen molar-refractivity contribution in [3.8, 4) is 0 Å². The Kier molecular flexibility index (Phi) is 4.58. The summed E-state index contributed by atoms with van der Waals surface area (Å²) in [6.07, 6.45) is 3.64. The molecular formula is C25H22FN3O. The zero-order chi connectivity index (χ0) is 20.7. The summed E-state index contributed by atoms with van der Waals surface area (Å²) >= 11 is 0. The maximum absolute atomic E-state index is 13.8. The SMILES string of the molecule is Cc1c(C=O)c2ccnc(N3CCc4ccccc4C3)c2n1Cc1cccc(F)c1. The van der Waals surface area contributed by atoms with Crippen molar-refractivity contribution in [3.63, 3.8) is 0 Å². The van der Waals surface area contributed by atoms with E-state index in [1.54, 1.807) is 18.3 Å². The molecule has 0 radical (unpaired) electrons. The molecule has 150 valence electrons. The number of halogens is 1. The predicted molar refractivity (Wildman–Crippen MR) is 117 cm³/mol. The lowest BCUT2D eigenvalue weighted by atomic mass is 10.00. The van der Waals surface area contributed by atoms with Crippen molar-refractivity contribution >= 4 is 23.0 Å². The molecule has 0 N–H and O–H groups in total. The Morgan fingerprint density at radius 1 is 1.10 bits per heavy atom. The molecule has 0 saturated carbocycles. The lowest BCUT2D eigenvalue weighted by Crippen LogP contribution is -2.31. The smallest absolute Gasteiger partial charge is 0.153 e. The summed E-state index contributed by atoms with van der Waals surface area (Å²) in [5, 5.41) is 0.891. The van der Waals surface area contributed by atoms with E-state index < -0.39 is 0 Å². The van der Waals surface area contributed by atoms with E-state index in [0.29, 0.717) is 12.1 Å². The first-order chi connectivity index (χ1) is 14.7. The van der Waals surface area contributed by atoms with Gasteiger partial charge in [0, 0.05) is 42.5 Å². The minimum atomic E-state index is -0.261. The van der Waals surface area contributed by atoms with E-state index in [0.717, 1.165) is 53.8 Å². The molecular weight excluding hydrogens is 377 g/mol. The van der Waals surface area contributed by atoms with Crippen LogP contribution in [0.25, 0.3) is 10.9 Å². The number of carbonyl (C=O) groups is 1. The summed E-state index contributed by atoms with van der Waals surface area (Å²) in [6.45, 7) is 4.07. The third kappa shape index (κ3) is 3.07. The van der Waals surface area contributed by atoms with Crippen molar-refractivity contribution < 1.29 is 9.18 Å². The van der Waals surface area contributed by atoms with Crippen LogP contribution in [-0.2, 0) is 19.5 Å². The Labute approximate surface area is 174 Å². The van der Waals surface area contributed by atoms with Gasteiger partial charge in [0.15, 0.2) is 12.1 Å². The lowest BCUT2D eigenvalue weighted by molar-refractivity contribution is 0.112. The maximum atomic E-state index is 13.8. The lowest BCUT2D eigenvalue weighted by Gasteiger charge is -2.30. The fourth-order valence-corrected chi connectivity index (χ4v) is 4.51. The third-order valence-corrected chi connectivity index (χ3v) is 6.04. The van der Waals surface area contributed by atoms with Crippen LogP contribution < -0.4 is 4.90 Å². The highest BCUT2D eigenvalue weighted by Crippen LogP contribution is 2.34. The van der Waals surface area contributed by atoms with Crippen molar-refractivity contribution in [2.45, 2.75) is 26.4 Å². The molecule has 5 rings (SSSR count). The summed E-state index contributed by atoms with van der Waals surface area (Å²) in [4.78, 5) is 18.9. The second-order valence-electron chi connectivity index (χ2n) is 7.80. The molecule has 0 bridgehead atoms. The monoisotopic (exact) mass is 399 g/mol. The standard InChI is InChI=1S/C25H22FN3O/c1-17-23(16-30)22-9-11-27-25(28-12-10-19-6-2-3-7-20(19)15-28)24(22)29(17)14-18-5-4-8-21(26)13-18/h2-9,11,13,16H,10,12,14-15H2,1H3. The number of aldehydes is 1. The summed E-state index contributed by atoms with van der Waals surface area (Å²) in [5.74, 6) is 0.609. The van der Waals surface area contributed by atoms with Gasteiger partial charge in [-0.2, -0.15) is 0 Å². The molecule has 0 unspecified atom stereocenters. The van der Waals surface area contributed by atoms with Gasteiger partial charge in [-0.15, -0.1) is 0 Å². The van der Waals surface area contributed by atoms with E-state index in [1.165, 1.54) is 17.2 Å². The molecule has 30 heavy (non-hydrogen) atoms. The third-order valence-electron chi connectivity index (χ3n) is 6.04. The van der Waals surface area contributed by atoms with Crippen LogP contribution in [0.3, 0.4) is 0 Å². The maximum Gasteiger partial charge on any atom is 0.153 e. The number of pyridine rings is 1. The molecule has 4 nitrogen and oxygen atoms in total.